The smallest absolute Gasteiger partial charge is 0.223 e. The third-order valence-corrected chi connectivity index (χ3v) is 4.43. The molecule has 0 spiro atoms. The first kappa shape index (κ1) is 10.7. The molecule has 86 valence electrons. The molecule has 3 rings (SSSR count). The van der Waals surface area contributed by atoms with Crippen molar-refractivity contribution in [2.24, 2.45) is 0 Å². The van der Waals surface area contributed by atoms with Gasteiger partial charge in [0.2, 0.25) is 5.95 Å². The van der Waals surface area contributed by atoms with Gasteiger partial charge in [-0.05, 0) is 0 Å². The fourth-order valence-corrected chi connectivity index (χ4v) is 3.58. The first-order chi connectivity index (χ1) is 8.31. The van der Waals surface area contributed by atoms with Gasteiger partial charge in [-0.25, -0.2) is 15.0 Å². The number of fused-ring (bicyclic) bond motifs is 3. The van der Waals surface area contributed by atoms with Crippen molar-refractivity contribution in [3.8, 4) is 10.6 Å². The van der Waals surface area contributed by atoms with E-state index in [1.54, 1.807) is 18.8 Å². The minimum absolute atomic E-state index is 0.507. The third kappa shape index (κ3) is 1.71. The minimum Gasteiger partial charge on any atom is -0.357 e. The van der Waals surface area contributed by atoms with Crippen LogP contribution in [0, 0.1) is 0 Å². The first-order valence-corrected chi connectivity index (χ1v) is 6.75. The molecule has 0 aromatic carbocycles. The van der Waals surface area contributed by atoms with Gasteiger partial charge in [-0.3, -0.25) is 4.79 Å². The predicted molar refractivity (Wildman–Crippen MR) is 67.6 cm³/mol. The number of thioether (sulfide) groups is 1. The second-order valence-corrected chi connectivity index (χ2v) is 5.44. The molecule has 0 saturated heterocycles. The standard InChI is InChI=1S/C10H8N4OS2/c1-11-10-12-2-6-8(14-10)9-5(4-16-6)13-7(3-15)17-9/h2-3H,4H2,1H3,(H,11,12,14). The molecule has 2 aromatic rings. The lowest BCUT2D eigenvalue weighted by Gasteiger charge is -2.13. The SMILES string of the molecule is CNc1ncc2c(n1)-c1sc(C=O)nc1CS2. The van der Waals surface area contributed by atoms with Gasteiger partial charge in [0.25, 0.3) is 0 Å². The summed E-state index contributed by atoms with van der Waals surface area (Å²) in [5.74, 6) is 1.35. The van der Waals surface area contributed by atoms with Gasteiger partial charge in [0.15, 0.2) is 11.3 Å². The molecule has 3 heterocycles. The lowest BCUT2D eigenvalue weighted by molar-refractivity contribution is 0.112. The summed E-state index contributed by atoms with van der Waals surface area (Å²) >= 11 is 3.04. The Morgan fingerprint density at radius 2 is 2.35 bits per heavy atom. The number of rotatable bonds is 2. The van der Waals surface area contributed by atoms with Gasteiger partial charge < -0.3 is 5.32 Å². The van der Waals surface area contributed by atoms with Gasteiger partial charge in [-0.2, -0.15) is 0 Å². The number of hydrogen-bond donors (Lipinski definition) is 1. The van der Waals surface area contributed by atoms with Crippen molar-refractivity contribution in [1.82, 2.24) is 15.0 Å². The first-order valence-electron chi connectivity index (χ1n) is 4.94. The summed E-state index contributed by atoms with van der Waals surface area (Å²) in [6.45, 7) is 0. The Kier molecular flexibility index (Phi) is 2.56. The zero-order chi connectivity index (χ0) is 11.8. The number of hydrogen-bond acceptors (Lipinski definition) is 7. The van der Waals surface area contributed by atoms with E-state index in [1.165, 1.54) is 11.3 Å². The van der Waals surface area contributed by atoms with Crippen molar-refractivity contribution in [1.29, 1.82) is 0 Å². The van der Waals surface area contributed by atoms with Gasteiger partial charge in [-0.15, -0.1) is 23.1 Å². The van der Waals surface area contributed by atoms with E-state index in [9.17, 15) is 4.79 Å². The maximum atomic E-state index is 10.8. The van der Waals surface area contributed by atoms with Crippen LogP contribution in [-0.2, 0) is 5.75 Å². The lowest BCUT2D eigenvalue weighted by atomic mass is 10.3. The van der Waals surface area contributed by atoms with Gasteiger partial charge in [0.05, 0.1) is 15.5 Å². The van der Waals surface area contributed by atoms with Crippen molar-refractivity contribution in [2.75, 3.05) is 12.4 Å². The van der Waals surface area contributed by atoms with Crippen LogP contribution in [0.3, 0.4) is 0 Å². The largest absolute Gasteiger partial charge is 0.357 e. The number of carbonyl (C=O) groups excluding carboxylic acids is 1. The van der Waals surface area contributed by atoms with Crippen LogP contribution in [0.25, 0.3) is 10.6 Å². The molecule has 0 radical (unpaired) electrons. The van der Waals surface area contributed by atoms with E-state index in [0.717, 1.165) is 33.2 Å². The van der Waals surface area contributed by atoms with Crippen LogP contribution in [0.2, 0.25) is 0 Å². The predicted octanol–water partition coefficient (Wildman–Crippen LogP) is 2.06. The van der Waals surface area contributed by atoms with Crippen molar-refractivity contribution in [3.63, 3.8) is 0 Å². The van der Waals surface area contributed by atoms with Crippen LogP contribution in [0.4, 0.5) is 5.95 Å². The van der Waals surface area contributed by atoms with Gasteiger partial charge in [0, 0.05) is 19.0 Å². The van der Waals surface area contributed by atoms with Crippen LogP contribution >= 0.6 is 23.1 Å². The Bertz CT molecular complexity index is 596. The van der Waals surface area contributed by atoms with E-state index in [0.29, 0.717) is 11.0 Å². The average Bonchev–Trinajstić information content (AvgIpc) is 2.81. The molecule has 1 aliphatic rings. The monoisotopic (exact) mass is 264 g/mol. The molecule has 0 fully saturated rings. The minimum atomic E-state index is 0.507. The number of aldehydes is 1. The highest BCUT2D eigenvalue weighted by Gasteiger charge is 2.23. The summed E-state index contributed by atoms with van der Waals surface area (Å²) in [5, 5.41) is 3.42. The molecule has 0 amide bonds. The molecular weight excluding hydrogens is 256 g/mol. The topological polar surface area (TPSA) is 67.8 Å². The van der Waals surface area contributed by atoms with Crippen molar-refractivity contribution >= 4 is 35.3 Å². The molecule has 1 aliphatic heterocycles. The molecule has 0 aliphatic carbocycles. The summed E-state index contributed by atoms with van der Waals surface area (Å²) in [5.41, 5.74) is 1.82. The zero-order valence-electron chi connectivity index (χ0n) is 8.93. The van der Waals surface area contributed by atoms with E-state index in [4.69, 9.17) is 0 Å². The van der Waals surface area contributed by atoms with Gasteiger partial charge in [-0.1, -0.05) is 0 Å². The molecule has 0 saturated carbocycles. The van der Waals surface area contributed by atoms with Crippen LogP contribution in [0.15, 0.2) is 11.1 Å². The molecule has 0 bridgehead atoms. The van der Waals surface area contributed by atoms with Crippen LogP contribution in [-0.4, -0.2) is 28.3 Å². The van der Waals surface area contributed by atoms with Crippen LogP contribution in [0.5, 0.6) is 0 Å². The Morgan fingerprint density at radius 3 is 3.12 bits per heavy atom. The van der Waals surface area contributed by atoms with E-state index in [2.05, 4.69) is 20.3 Å². The third-order valence-electron chi connectivity index (χ3n) is 2.37. The Morgan fingerprint density at radius 1 is 1.47 bits per heavy atom. The molecule has 0 unspecified atom stereocenters. The van der Waals surface area contributed by atoms with Gasteiger partial charge >= 0.3 is 0 Å². The van der Waals surface area contributed by atoms with Crippen molar-refractivity contribution in [2.45, 2.75) is 10.6 Å². The number of nitrogens with one attached hydrogen (secondary N) is 1. The number of thiazole rings is 1. The van der Waals surface area contributed by atoms with Gasteiger partial charge in [0.1, 0.15) is 5.69 Å². The molecule has 5 nitrogen and oxygen atoms in total. The molecule has 0 atom stereocenters. The average molecular weight is 264 g/mol. The second kappa shape index (κ2) is 4.08. The normalized spacial score (nSPS) is 12.8. The van der Waals surface area contributed by atoms with Crippen LogP contribution in [0.1, 0.15) is 15.5 Å². The zero-order valence-corrected chi connectivity index (χ0v) is 10.6. The second-order valence-electron chi connectivity index (χ2n) is 3.39. The molecule has 2 aromatic heterocycles. The maximum absolute atomic E-state index is 10.8. The van der Waals surface area contributed by atoms with E-state index < -0.39 is 0 Å². The van der Waals surface area contributed by atoms with E-state index in [-0.39, 0.29) is 0 Å². The number of aromatic nitrogens is 3. The highest BCUT2D eigenvalue weighted by Crippen LogP contribution is 2.42. The van der Waals surface area contributed by atoms with E-state index in [1.807, 2.05) is 6.20 Å². The summed E-state index contributed by atoms with van der Waals surface area (Å²) in [7, 11) is 1.78. The number of nitrogens with zero attached hydrogens (tertiary/aromatic N) is 3. The summed E-state index contributed by atoms with van der Waals surface area (Å²) < 4.78 is 0. The Balaban J connectivity index is 2.19. The Hall–Kier alpha value is -1.47. The summed E-state index contributed by atoms with van der Waals surface area (Å²) in [4.78, 5) is 25.7. The highest BCUT2D eigenvalue weighted by molar-refractivity contribution is 7.98. The number of carbonyl (C=O) groups is 1. The van der Waals surface area contributed by atoms with E-state index >= 15 is 0 Å². The lowest BCUT2D eigenvalue weighted by Crippen LogP contribution is -2.02. The summed E-state index contributed by atoms with van der Waals surface area (Å²) in [6.07, 6.45) is 2.59. The molecule has 17 heavy (non-hydrogen) atoms. The Labute approximate surface area is 106 Å². The molecular formula is C10H8N4OS2. The fourth-order valence-electron chi connectivity index (χ4n) is 1.61. The molecule has 7 heteroatoms. The summed E-state index contributed by atoms with van der Waals surface area (Å²) in [6, 6.07) is 0. The van der Waals surface area contributed by atoms with Crippen molar-refractivity contribution in [3.05, 3.63) is 16.9 Å². The fraction of sp³-hybridized carbons (Fsp3) is 0.200. The van der Waals surface area contributed by atoms with Crippen LogP contribution < -0.4 is 5.32 Å². The maximum Gasteiger partial charge on any atom is 0.223 e. The van der Waals surface area contributed by atoms with Crippen molar-refractivity contribution < 1.29 is 4.79 Å². The number of anilines is 1. The highest BCUT2D eigenvalue weighted by atomic mass is 32.2. The molecule has 1 N–H and O–H groups in total. The quantitative estimate of drug-likeness (QED) is 0.837.